The lowest BCUT2D eigenvalue weighted by Gasteiger charge is -2.13. The summed E-state index contributed by atoms with van der Waals surface area (Å²) in [5.41, 5.74) is 4.59. The van der Waals surface area contributed by atoms with Gasteiger partial charge in [0.1, 0.15) is 0 Å². The number of imidazole rings is 1. The van der Waals surface area contributed by atoms with Gasteiger partial charge in [-0.05, 0) is 42.7 Å². The van der Waals surface area contributed by atoms with Crippen molar-refractivity contribution in [3.8, 4) is 28.6 Å². The van der Waals surface area contributed by atoms with Crippen molar-refractivity contribution >= 4 is 16.8 Å². The lowest BCUT2D eigenvalue weighted by atomic mass is 9.97. The number of fused-ring (bicyclic) bond motifs is 1. The Morgan fingerprint density at radius 3 is 2.69 bits per heavy atom. The maximum absolute atomic E-state index is 13.0. The molecule has 0 aliphatic rings. The molecule has 0 atom stereocenters. The Hall–Kier alpha value is -3.54. The molecule has 2 heterocycles. The molecular weight excluding hydrogens is 366 g/mol. The normalized spacial score (nSPS) is 11.4. The van der Waals surface area contributed by atoms with Gasteiger partial charge in [0.2, 0.25) is 5.88 Å². The van der Waals surface area contributed by atoms with Gasteiger partial charge < -0.3 is 15.2 Å². The molecule has 0 bridgehead atoms. The summed E-state index contributed by atoms with van der Waals surface area (Å²) < 4.78 is 1.53. The zero-order valence-electron chi connectivity index (χ0n) is 16.6. The van der Waals surface area contributed by atoms with E-state index < -0.39 is 5.75 Å². The second kappa shape index (κ2) is 7.13. The minimum Gasteiger partial charge on any atom is -0.503 e. The smallest absolute Gasteiger partial charge is 0.240 e. The SMILES string of the molecule is Cc1cccc(-c2c(C(=O)CC(C)C)c(O)c(O)n2-c2ccc3nc[nH]c3c2)c1. The minimum absolute atomic E-state index is 0.124. The van der Waals surface area contributed by atoms with Crippen LogP contribution in [0.3, 0.4) is 0 Å². The van der Waals surface area contributed by atoms with Gasteiger partial charge in [-0.15, -0.1) is 0 Å². The molecule has 2 aromatic heterocycles. The van der Waals surface area contributed by atoms with Gasteiger partial charge in [-0.2, -0.15) is 0 Å². The lowest BCUT2D eigenvalue weighted by Crippen LogP contribution is -2.06. The molecule has 0 aliphatic carbocycles. The minimum atomic E-state index is -0.392. The molecule has 0 radical (unpaired) electrons. The molecule has 0 spiro atoms. The van der Waals surface area contributed by atoms with Crippen molar-refractivity contribution in [2.75, 3.05) is 0 Å². The predicted molar refractivity (Wildman–Crippen MR) is 113 cm³/mol. The summed E-state index contributed by atoms with van der Waals surface area (Å²) in [6.07, 6.45) is 1.87. The number of H-pyrrole nitrogens is 1. The molecule has 0 aliphatic heterocycles. The largest absolute Gasteiger partial charge is 0.503 e. The average molecular weight is 389 g/mol. The Morgan fingerprint density at radius 1 is 1.17 bits per heavy atom. The highest BCUT2D eigenvalue weighted by Crippen LogP contribution is 2.44. The monoisotopic (exact) mass is 389 g/mol. The van der Waals surface area contributed by atoms with Crippen LogP contribution < -0.4 is 0 Å². The number of aryl methyl sites for hydroxylation is 1. The van der Waals surface area contributed by atoms with E-state index in [2.05, 4.69) is 9.97 Å². The van der Waals surface area contributed by atoms with Crippen molar-refractivity contribution in [2.45, 2.75) is 27.2 Å². The van der Waals surface area contributed by atoms with Crippen LogP contribution in [0.5, 0.6) is 11.6 Å². The quantitative estimate of drug-likeness (QED) is 0.420. The van der Waals surface area contributed by atoms with Crippen LogP contribution in [-0.2, 0) is 0 Å². The van der Waals surface area contributed by atoms with Crippen LogP contribution in [0, 0.1) is 12.8 Å². The highest BCUT2D eigenvalue weighted by Gasteiger charge is 2.29. The Morgan fingerprint density at radius 2 is 1.97 bits per heavy atom. The number of carbonyl (C=O) groups excluding carboxylic acids is 1. The molecule has 4 aromatic rings. The van der Waals surface area contributed by atoms with Gasteiger partial charge in [0.05, 0.1) is 34.3 Å². The number of Topliss-reactive ketones (excluding diaryl/α,β-unsaturated/α-hetero) is 1. The third kappa shape index (κ3) is 3.27. The van der Waals surface area contributed by atoms with E-state index in [1.807, 2.05) is 57.2 Å². The molecule has 4 rings (SSSR count). The van der Waals surface area contributed by atoms with Gasteiger partial charge in [0.15, 0.2) is 11.5 Å². The molecule has 6 nitrogen and oxygen atoms in total. The summed E-state index contributed by atoms with van der Waals surface area (Å²) in [7, 11) is 0. The first kappa shape index (κ1) is 18.8. The number of aromatic hydroxyl groups is 2. The molecule has 0 unspecified atom stereocenters. The van der Waals surface area contributed by atoms with Crippen molar-refractivity contribution in [3.05, 3.63) is 59.9 Å². The maximum Gasteiger partial charge on any atom is 0.240 e. The zero-order valence-corrected chi connectivity index (χ0v) is 16.6. The first-order valence-corrected chi connectivity index (χ1v) is 9.57. The summed E-state index contributed by atoms with van der Waals surface area (Å²) in [6.45, 7) is 5.86. The van der Waals surface area contributed by atoms with Crippen LogP contribution in [-0.4, -0.2) is 30.5 Å². The van der Waals surface area contributed by atoms with Gasteiger partial charge in [-0.3, -0.25) is 9.36 Å². The molecule has 0 amide bonds. The summed E-state index contributed by atoms with van der Waals surface area (Å²) in [4.78, 5) is 20.3. The van der Waals surface area contributed by atoms with Crippen molar-refractivity contribution in [2.24, 2.45) is 5.92 Å². The van der Waals surface area contributed by atoms with Crippen molar-refractivity contribution in [1.82, 2.24) is 14.5 Å². The van der Waals surface area contributed by atoms with E-state index in [1.54, 1.807) is 12.4 Å². The first-order chi connectivity index (χ1) is 13.9. The van der Waals surface area contributed by atoms with Crippen molar-refractivity contribution in [1.29, 1.82) is 0 Å². The van der Waals surface area contributed by atoms with Crippen LogP contribution in [0.15, 0.2) is 48.8 Å². The fourth-order valence-electron chi connectivity index (χ4n) is 3.66. The van der Waals surface area contributed by atoms with E-state index >= 15 is 0 Å². The van der Waals surface area contributed by atoms with E-state index in [0.717, 1.165) is 22.2 Å². The van der Waals surface area contributed by atoms with Crippen LogP contribution in [0.1, 0.15) is 36.2 Å². The predicted octanol–water partition coefficient (Wildman–Crippen LogP) is 4.97. The molecular formula is C23H23N3O3. The Bertz CT molecular complexity index is 1220. The molecule has 0 fully saturated rings. The molecule has 0 saturated heterocycles. The Kier molecular flexibility index (Phi) is 4.62. The standard InChI is InChI=1S/C23H23N3O3/c1-13(2)9-19(27)20-21(15-6-4-5-14(3)10-15)26(23(29)22(20)28)16-7-8-17-18(11-16)25-12-24-17/h4-8,10-13,28-29H,9H2,1-3H3,(H,24,25). The van der Waals surface area contributed by atoms with Gasteiger partial charge in [-0.25, -0.2) is 4.98 Å². The first-order valence-electron chi connectivity index (χ1n) is 9.57. The van der Waals surface area contributed by atoms with Crippen LogP contribution in [0.4, 0.5) is 0 Å². The lowest BCUT2D eigenvalue weighted by molar-refractivity contribution is 0.0966. The Balaban J connectivity index is 2.02. The van der Waals surface area contributed by atoms with Crippen LogP contribution in [0.25, 0.3) is 28.0 Å². The molecule has 2 aromatic carbocycles. The number of rotatable bonds is 5. The van der Waals surface area contributed by atoms with Gasteiger partial charge in [-0.1, -0.05) is 37.6 Å². The van der Waals surface area contributed by atoms with E-state index in [4.69, 9.17) is 0 Å². The van der Waals surface area contributed by atoms with E-state index in [1.165, 1.54) is 4.57 Å². The molecule has 6 heteroatoms. The number of aromatic nitrogens is 3. The van der Waals surface area contributed by atoms with Crippen molar-refractivity contribution < 1.29 is 15.0 Å². The van der Waals surface area contributed by atoms with E-state index in [-0.39, 0.29) is 29.6 Å². The number of nitrogens with one attached hydrogen (secondary N) is 1. The number of ketones is 1. The van der Waals surface area contributed by atoms with E-state index in [0.29, 0.717) is 11.4 Å². The fourth-order valence-corrected chi connectivity index (χ4v) is 3.66. The second-order valence-electron chi connectivity index (χ2n) is 7.73. The molecule has 29 heavy (non-hydrogen) atoms. The summed E-state index contributed by atoms with van der Waals surface area (Å²) >= 11 is 0. The summed E-state index contributed by atoms with van der Waals surface area (Å²) in [6, 6.07) is 13.1. The number of carbonyl (C=O) groups is 1. The van der Waals surface area contributed by atoms with Gasteiger partial charge >= 0.3 is 0 Å². The maximum atomic E-state index is 13.0. The molecule has 3 N–H and O–H groups in total. The average Bonchev–Trinajstić information content (AvgIpc) is 3.23. The highest BCUT2D eigenvalue weighted by atomic mass is 16.3. The third-order valence-corrected chi connectivity index (χ3v) is 4.95. The topological polar surface area (TPSA) is 91.1 Å². The van der Waals surface area contributed by atoms with E-state index in [9.17, 15) is 15.0 Å². The van der Waals surface area contributed by atoms with Gasteiger partial charge in [0, 0.05) is 6.42 Å². The summed E-state index contributed by atoms with van der Waals surface area (Å²) in [5.74, 6) is -0.825. The van der Waals surface area contributed by atoms with Gasteiger partial charge in [0.25, 0.3) is 0 Å². The third-order valence-electron chi connectivity index (χ3n) is 4.95. The molecule has 148 valence electrons. The van der Waals surface area contributed by atoms with Crippen LogP contribution in [0.2, 0.25) is 0 Å². The summed E-state index contributed by atoms with van der Waals surface area (Å²) in [5, 5.41) is 21.6. The number of nitrogens with zero attached hydrogens (tertiary/aromatic N) is 2. The Labute approximate surface area is 168 Å². The second-order valence-corrected chi connectivity index (χ2v) is 7.73. The number of hydrogen-bond donors (Lipinski definition) is 3. The fraction of sp³-hybridized carbons (Fsp3) is 0.217. The van der Waals surface area contributed by atoms with Crippen LogP contribution >= 0.6 is 0 Å². The number of aromatic amines is 1. The van der Waals surface area contributed by atoms with Crippen molar-refractivity contribution in [3.63, 3.8) is 0 Å². The number of hydrogen-bond acceptors (Lipinski definition) is 4. The highest BCUT2D eigenvalue weighted by molar-refractivity contribution is 6.06. The molecule has 0 saturated carbocycles. The zero-order chi connectivity index (χ0) is 20.7. The number of benzene rings is 2.